The molecule has 0 saturated carbocycles. The van der Waals surface area contributed by atoms with E-state index in [-0.39, 0.29) is 5.75 Å². The molecule has 0 unspecified atom stereocenters. The molecule has 0 fully saturated rings. The summed E-state index contributed by atoms with van der Waals surface area (Å²) < 4.78 is 0. The van der Waals surface area contributed by atoms with Gasteiger partial charge in [-0.2, -0.15) is 0 Å². The van der Waals surface area contributed by atoms with E-state index < -0.39 is 12.0 Å². The summed E-state index contributed by atoms with van der Waals surface area (Å²) >= 11 is 1.23. The van der Waals surface area contributed by atoms with Crippen LogP contribution in [0.4, 0.5) is 10.5 Å². The van der Waals surface area contributed by atoms with E-state index in [1.54, 1.807) is 29.6 Å². The Hall–Kier alpha value is -1.69. The lowest BCUT2D eigenvalue weighted by atomic mass is 10.3. The smallest absolute Gasteiger partial charge is 0.411 e. The van der Waals surface area contributed by atoms with Crippen LogP contribution in [0.25, 0.3) is 0 Å². The molecule has 0 bridgehead atoms. The van der Waals surface area contributed by atoms with Crippen molar-refractivity contribution in [3.63, 3.8) is 0 Å². The van der Waals surface area contributed by atoms with Gasteiger partial charge in [0.05, 0.1) is 5.75 Å². The summed E-state index contributed by atoms with van der Waals surface area (Å²) in [4.78, 5) is 21.9. The molecular weight excluding hydrogens is 216 g/mol. The van der Waals surface area contributed by atoms with E-state index in [9.17, 15) is 9.59 Å². The van der Waals surface area contributed by atoms with Crippen molar-refractivity contribution in [3.8, 4) is 0 Å². The first-order valence-corrected chi connectivity index (χ1v) is 5.07. The minimum absolute atomic E-state index is 0.0513. The summed E-state index contributed by atoms with van der Waals surface area (Å²) in [5.41, 5.74) is 6.15. The van der Waals surface area contributed by atoms with Crippen LogP contribution in [0.1, 0.15) is 0 Å². The van der Waals surface area contributed by atoms with Gasteiger partial charge in [-0.05, 0) is 18.2 Å². The number of amides is 2. The van der Waals surface area contributed by atoms with Crippen LogP contribution in [0.2, 0.25) is 0 Å². The number of carbonyl (C=O) groups is 2. The van der Waals surface area contributed by atoms with Crippen molar-refractivity contribution in [2.24, 2.45) is 0 Å². The fourth-order valence-corrected chi connectivity index (χ4v) is 1.67. The number of thioether (sulfide) groups is 1. The van der Waals surface area contributed by atoms with E-state index in [1.807, 2.05) is 0 Å². The van der Waals surface area contributed by atoms with E-state index in [2.05, 4.69) is 0 Å². The monoisotopic (exact) mass is 226 g/mol. The average molecular weight is 226 g/mol. The van der Waals surface area contributed by atoms with Crippen molar-refractivity contribution in [1.29, 1.82) is 0 Å². The van der Waals surface area contributed by atoms with Crippen LogP contribution in [0, 0.1) is 0 Å². The molecule has 1 rings (SSSR count). The number of benzene rings is 1. The van der Waals surface area contributed by atoms with Gasteiger partial charge in [-0.15, -0.1) is 11.8 Å². The third-order valence-electron chi connectivity index (χ3n) is 1.47. The first-order valence-electron chi connectivity index (χ1n) is 4.09. The van der Waals surface area contributed by atoms with Gasteiger partial charge in [-0.3, -0.25) is 10.1 Å². The number of nitrogens with two attached hydrogens (primary N) is 1. The molecule has 5 nitrogen and oxygen atoms in total. The Labute approximate surface area is 90.7 Å². The number of rotatable bonds is 3. The fraction of sp³-hybridized carbons (Fsp3) is 0.111. The molecule has 0 aliphatic carbocycles. The number of hydrogen-bond donors (Lipinski definition) is 3. The molecule has 2 amide bonds. The third kappa shape index (κ3) is 4.37. The molecule has 1 aromatic rings. The van der Waals surface area contributed by atoms with Gasteiger partial charge >= 0.3 is 6.09 Å². The van der Waals surface area contributed by atoms with E-state index in [4.69, 9.17) is 10.8 Å². The van der Waals surface area contributed by atoms with Gasteiger partial charge in [0.2, 0.25) is 5.91 Å². The van der Waals surface area contributed by atoms with Crippen molar-refractivity contribution in [2.45, 2.75) is 4.90 Å². The van der Waals surface area contributed by atoms with Crippen molar-refractivity contribution in [3.05, 3.63) is 24.3 Å². The molecular formula is C9H10N2O3S. The van der Waals surface area contributed by atoms with Gasteiger partial charge in [-0.1, -0.05) is 6.07 Å². The SMILES string of the molecule is Nc1cccc(SCC(=O)NC(=O)O)c1. The van der Waals surface area contributed by atoms with Crippen LogP contribution < -0.4 is 11.1 Å². The van der Waals surface area contributed by atoms with Crippen LogP contribution in [0.3, 0.4) is 0 Å². The summed E-state index contributed by atoms with van der Waals surface area (Å²) in [6.45, 7) is 0. The zero-order chi connectivity index (χ0) is 11.3. The number of hydrogen-bond acceptors (Lipinski definition) is 4. The molecule has 4 N–H and O–H groups in total. The number of anilines is 1. The fourth-order valence-electron chi connectivity index (χ4n) is 0.909. The van der Waals surface area contributed by atoms with E-state index >= 15 is 0 Å². The molecule has 6 heteroatoms. The number of carboxylic acid groups (broad SMARTS) is 1. The van der Waals surface area contributed by atoms with Crippen molar-refractivity contribution < 1.29 is 14.7 Å². The average Bonchev–Trinajstić information content (AvgIpc) is 2.14. The molecule has 0 saturated heterocycles. The number of nitrogen functional groups attached to an aromatic ring is 1. The van der Waals surface area contributed by atoms with Gasteiger partial charge in [0.1, 0.15) is 0 Å². The lowest BCUT2D eigenvalue weighted by Crippen LogP contribution is -2.30. The van der Waals surface area contributed by atoms with Crippen molar-refractivity contribution in [1.82, 2.24) is 5.32 Å². The highest BCUT2D eigenvalue weighted by Gasteiger charge is 2.05. The Morgan fingerprint density at radius 2 is 2.20 bits per heavy atom. The summed E-state index contributed by atoms with van der Waals surface area (Å²) in [6, 6.07) is 7.03. The Bertz CT molecular complexity index is 381. The maximum Gasteiger partial charge on any atom is 0.411 e. The Kier molecular flexibility index (Phi) is 3.99. The lowest BCUT2D eigenvalue weighted by Gasteiger charge is -2.01. The standard InChI is InChI=1S/C9H10N2O3S/c10-6-2-1-3-7(4-6)15-5-8(12)11-9(13)14/h1-4H,5,10H2,(H,11,12)(H,13,14). The highest BCUT2D eigenvalue weighted by atomic mass is 32.2. The first-order chi connectivity index (χ1) is 7.08. The van der Waals surface area contributed by atoms with Crippen LogP contribution in [-0.4, -0.2) is 22.9 Å². The predicted molar refractivity (Wildman–Crippen MR) is 57.7 cm³/mol. The zero-order valence-electron chi connectivity index (χ0n) is 7.77. The second-order valence-electron chi connectivity index (χ2n) is 2.71. The van der Waals surface area contributed by atoms with Crippen LogP contribution in [0.15, 0.2) is 29.2 Å². The first kappa shape index (κ1) is 11.4. The van der Waals surface area contributed by atoms with Gasteiger partial charge in [-0.25, -0.2) is 4.79 Å². The Morgan fingerprint density at radius 1 is 1.47 bits per heavy atom. The molecule has 15 heavy (non-hydrogen) atoms. The highest BCUT2D eigenvalue weighted by molar-refractivity contribution is 8.00. The predicted octanol–water partition coefficient (Wildman–Crippen LogP) is 1.16. The number of carbonyl (C=O) groups excluding carboxylic acids is 1. The molecule has 80 valence electrons. The number of imide groups is 1. The topological polar surface area (TPSA) is 92.4 Å². The lowest BCUT2D eigenvalue weighted by molar-refractivity contribution is -0.117. The van der Waals surface area contributed by atoms with Crippen molar-refractivity contribution in [2.75, 3.05) is 11.5 Å². The second-order valence-corrected chi connectivity index (χ2v) is 3.76. The van der Waals surface area contributed by atoms with E-state index in [0.717, 1.165) is 4.90 Å². The summed E-state index contributed by atoms with van der Waals surface area (Å²) in [5, 5.41) is 10.0. The molecule has 0 aliphatic heterocycles. The summed E-state index contributed by atoms with van der Waals surface area (Å²) in [7, 11) is 0. The maximum absolute atomic E-state index is 11.0. The highest BCUT2D eigenvalue weighted by Crippen LogP contribution is 2.19. The maximum atomic E-state index is 11.0. The molecule has 0 heterocycles. The molecule has 0 aliphatic rings. The molecule has 0 aromatic heterocycles. The molecule has 1 aromatic carbocycles. The normalized spacial score (nSPS) is 9.60. The molecule has 0 spiro atoms. The zero-order valence-corrected chi connectivity index (χ0v) is 8.58. The van der Waals surface area contributed by atoms with E-state index in [1.165, 1.54) is 11.8 Å². The summed E-state index contributed by atoms with van der Waals surface area (Å²) in [6.07, 6.45) is -1.34. The van der Waals surface area contributed by atoms with Crippen LogP contribution in [-0.2, 0) is 4.79 Å². The van der Waals surface area contributed by atoms with Crippen LogP contribution >= 0.6 is 11.8 Å². The third-order valence-corrected chi connectivity index (χ3v) is 2.47. The van der Waals surface area contributed by atoms with Gasteiger partial charge < -0.3 is 10.8 Å². The second kappa shape index (κ2) is 5.26. The van der Waals surface area contributed by atoms with Gasteiger partial charge in [0, 0.05) is 10.6 Å². The minimum Gasteiger partial charge on any atom is -0.465 e. The van der Waals surface area contributed by atoms with Gasteiger partial charge in [0.25, 0.3) is 0 Å². The molecule has 0 atom stereocenters. The largest absolute Gasteiger partial charge is 0.465 e. The van der Waals surface area contributed by atoms with Crippen LogP contribution in [0.5, 0.6) is 0 Å². The summed E-state index contributed by atoms with van der Waals surface area (Å²) in [5.74, 6) is -0.495. The Morgan fingerprint density at radius 3 is 2.80 bits per heavy atom. The number of nitrogens with one attached hydrogen (secondary N) is 1. The van der Waals surface area contributed by atoms with E-state index in [0.29, 0.717) is 5.69 Å². The quantitative estimate of drug-likeness (QED) is 0.531. The minimum atomic E-state index is -1.34. The van der Waals surface area contributed by atoms with Gasteiger partial charge in [0.15, 0.2) is 0 Å². The Balaban J connectivity index is 2.43. The molecule has 0 radical (unpaired) electrons. The van der Waals surface area contributed by atoms with Crippen molar-refractivity contribution >= 4 is 29.4 Å².